The number of rotatable bonds is 3. The second-order valence-corrected chi connectivity index (χ2v) is 2.78. The minimum absolute atomic E-state index is 0.706. The quantitative estimate of drug-likeness (QED) is 0.427. The molecule has 1 rings (SSSR count). The predicted molar refractivity (Wildman–Crippen MR) is 38.1 cm³/mol. The Morgan fingerprint density at radius 3 is 0.917 bits per heavy atom. The first-order valence-corrected chi connectivity index (χ1v) is 3.34. The van der Waals surface area contributed by atoms with E-state index in [1.54, 1.807) is 0 Å². The van der Waals surface area contributed by atoms with E-state index in [0.717, 1.165) is 0 Å². The van der Waals surface area contributed by atoms with Gasteiger partial charge in [0, 0.05) is 0 Å². The highest BCUT2D eigenvalue weighted by Gasteiger charge is 2.60. The molecule has 0 aromatic rings. The van der Waals surface area contributed by atoms with Gasteiger partial charge in [-0.25, -0.2) is 0 Å². The molecule has 0 spiro atoms. The van der Waals surface area contributed by atoms with Crippen LogP contribution in [0.4, 0.5) is 0 Å². The molecule has 0 atom stereocenters. The third kappa shape index (κ3) is 1.11. The van der Waals surface area contributed by atoms with E-state index in [1.165, 1.54) is 0 Å². The Bertz CT molecular complexity index is 214. The van der Waals surface area contributed by atoms with Crippen molar-refractivity contribution >= 4 is 17.7 Å². The van der Waals surface area contributed by atoms with Gasteiger partial charge in [-0.2, -0.15) is 0 Å². The van der Waals surface area contributed by atoms with Crippen LogP contribution in [0.5, 0.6) is 0 Å². The molecule has 0 radical (unpaired) electrons. The molecule has 66 valence electrons. The van der Waals surface area contributed by atoms with Crippen LogP contribution in [0.3, 0.4) is 0 Å². The van der Waals surface area contributed by atoms with Crippen molar-refractivity contribution in [2.24, 2.45) is 35.0 Å². The molecule has 0 aromatic carbocycles. The molecule has 0 aliphatic heterocycles. The summed E-state index contributed by atoms with van der Waals surface area (Å²) >= 11 is 0. The Hall–Kier alpha value is -1.59. The second kappa shape index (κ2) is 2.47. The van der Waals surface area contributed by atoms with E-state index in [-0.39, 0.29) is 0 Å². The van der Waals surface area contributed by atoms with Crippen LogP contribution in [0.2, 0.25) is 0 Å². The highest BCUT2D eigenvalue weighted by Crippen LogP contribution is 2.45. The Balaban J connectivity index is 2.74. The summed E-state index contributed by atoms with van der Waals surface area (Å²) in [4.78, 5) is 31.8. The Labute approximate surface area is 68.1 Å². The molecule has 0 bridgehead atoms. The highest BCUT2D eigenvalue weighted by atomic mass is 16.2. The van der Waals surface area contributed by atoms with Gasteiger partial charge in [0.2, 0.25) is 17.7 Å². The number of nitrogens with two attached hydrogens (primary N) is 3. The number of carbonyl (C=O) groups is 3. The van der Waals surface area contributed by atoms with E-state index in [0.29, 0.717) is 0 Å². The third-order valence-corrected chi connectivity index (χ3v) is 2.01. The normalized spacial score (nSPS) is 32.5. The van der Waals surface area contributed by atoms with Crippen molar-refractivity contribution in [3.63, 3.8) is 0 Å². The first kappa shape index (κ1) is 8.51. The van der Waals surface area contributed by atoms with Gasteiger partial charge in [0.15, 0.2) is 0 Å². The predicted octanol–water partition coefficient (Wildman–Crippen LogP) is -2.70. The van der Waals surface area contributed by atoms with Gasteiger partial charge in [-0.1, -0.05) is 0 Å². The number of hydrogen-bond acceptors (Lipinski definition) is 3. The van der Waals surface area contributed by atoms with E-state index >= 15 is 0 Å². The summed E-state index contributed by atoms with van der Waals surface area (Å²) in [5, 5.41) is 0. The molecule has 6 nitrogen and oxygen atoms in total. The fourth-order valence-electron chi connectivity index (χ4n) is 1.37. The lowest BCUT2D eigenvalue weighted by molar-refractivity contribution is -0.124. The maximum absolute atomic E-state index is 10.6. The summed E-state index contributed by atoms with van der Waals surface area (Å²) in [6, 6.07) is 0. The second-order valence-electron chi connectivity index (χ2n) is 2.78. The van der Waals surface area contributed by atoms with Crippen LogP contribution in [0.1, 0.15) is 0 Å². The average Bonchev–Trinajstić information content (AvgIpc) is 2.58. The van der Waals surface area contributed by atoms with Gasteiger partial charge in [-0.15, -0.1) is 0 Å². The lowest BCUT2D eigenvalue weighted by Crippen LogP contribution is -2.20. The largest absolute Gasteiger partial charge is 0.369 e. The number of primary amides is 3. The smallest absolute Gasteiger partial charge is 0.222 e. The van der Waals surface area contributed by atoms with Crippen LogP contribution >= 0.6 is 0 Å². The lowest BCUT2D eigenvalue weighted by Gasteiger charge is -1.86. The van der Waals surface area contributed by atoms with Crippen molar-refractivity contribution in [1.82, 2.24) is 0 Å². The SMILES string of the molecule is NC(=O)C1C(C(N)=O)C1C(N)=O. The van der Waals surface area contributed by atoms with Crippen LogP contribution in [0, 0.1) is 17.8 Å². The summed E-state index contributed by atoms with van der Waals surface area (Å²) in [5.41, 5.74) is 14.7. The van der Waals surface area contributed by atoms with Crippen molar-refractivity contribution in [3.05, 3.63) is 0 Å². The minimum atomic E-state index is -0.792. The molecule has 6 N–H and O–H groups in total. The summed E-state index contributed by atoms with van der Waals surface area (Å²) < 4.78 is 0. The van der Waals surface area contributed by atoms with Crippen LogP contribution in [-0.2, 0) is 14.4 Å². The van der Waals surface area contributed by atoms with Crippen LogP contribution < -0.4 is 17.2 Å². The lowest BCUT2D eigenvalue weighted by atomic mass is 10.3. The van der Waals surface area contributed by atoms with Crippen LogP contribution in [-0.4, -0.2) is 17.7 Å². The van der Waals surface area contributed by atoms with Crippen LogP contribution in [0.15, 0.2) is 0 Å². The van der Waals surface area contributed by atoms with E-state index < -0.39 is 35.5 Å². The van der Waals surface area contributed by atoms with E-state index in [2.05, 4.69) is 0 Å². The Kier molecular flexibility index (Phi) is 1.75. The van der Waals surface area contributed by atoms with E-state index in [1.807, 2.05) is 0 Å². The zero-order valence-electron chi connectivity index (χ0n) is 6.19. The first-order valence-electron chi connectivity index (χ1n) is 3.34. The molecule has 6 heteroatoms. The van der Waals surface area contributed by atoms with E-state index in [9.17, 15) is 14.4 Å². The van der Waals surface area contributed by atoms with Crippen molar-refractivity contribution in [1.29, 1.82) is 0 Å². The maximum Gasteiger partial charge on any atom is 0.222 e. The molecule has 0 unspecified atom stereocenters. The van der Waals surface area contributed by atoms with E-state index in [4.69, 9.17) is 17.2 Å². The topological polar surface area (TPSA) is 129 Å². The molecule has 1 aliphatic rings. The van der Waals surface area contributed by atoms with Gasteiger partial charge >= 0.3 is 0 Å². The molecule has 12 heavy (non-hydrogen) atoms. The van der Waals surface area contributed by atoms with Crippen molar-refractivity contribution < 1.29 is 14.4 Å². The summed E-state index contributed by atoms with van der Waals surface area (Å²) in [7, 11) is 0. The van der Waals surface area contributed by atoms with Crippen molar-refractivity contribution in [3.8, 4) is 0 Å². The van der Waals surface area contributed by atoms with Gasteiger partial charge in [0.1, 0.15) is 0 Å². The zero-order chi connectivity index (χ0) is 9.46. The summed E-state index contributed by atoms with van der Waals surface area (Å²) in [6.45, 7) is 0. The minimum Gasteiger partial charge on any atom is -0.369 e. The number of hydrogen-bond donors (Lipinski definition) is 3. The van der Waals surface area contributed by atoms with Gasteiger partial charge in [0.25, 0.3) is 0 Å². The number of carbonyl (C=O) groups excluding carboxylic acids is 3. The fraction of sp³-hybridized carbons (Fsp3) is 0.500. The molecular formula is C6H9N3O3. The molecule has 1 fully saturated rings. The summed E-state index contributed by atoms with van der Waals surface area (Å²) in [5.74, 6) is -4.49. The fourth-order valence-corrected chi connectivity index (χ4v) is 1.37. The Morgan fingerprint density at radius 2 is 0.833 bits per heavy atom. The molecule has 0 aromatic heterocycles. The highest BCUT2D eigenvalue weighted by molar-refractivity contribution is 6.00. The monoisotopic (exact) mass is 171 g/mol. The average molecular weight is 171 g/mol. The van der Waals surface area contributed by atoms with Gasteiger partial charge in [-0.05, 0) is 0 Å². The first-order chi connectivity index (χ1) is 5.46. The maximum atomic E-state index is 10.6. The van der Waals surface area contributed by atoms with Gasteiger partial charge < -0.3 is 17.2 Å². The molecule has 0 saturated heterocycles. The molecule has 0 heterocycles. The third-order valence-electron chi connectivity index (χ3n) is 2.01. The molecule has 3 amide bonds. The van der Waals surface area contributed by atoms with Crippen molar-refractivity contribution in [2.45, 2.75) is 0 Å². The Morgan fingerprint density at radius 1 is 0.667 bits per heavy atom. The van der Waals surface area contributed by atoms with Gasteiger partial charge in [-0.3, -0.25) is 14.4 Å². The molecular weight excluding hydrogens is 162 g/mol. The number of amides is 3. The standard InChI is InChI=1S/C6H9N3O3/c7-4(10)1-2(5(8)11)3(1)6(9)12/h1-3H,(H2,7,10)(H2,8,11)(H2,9,12). The zero-order valence-corrected chi connectivity index (χ0v) is 6.19. The van der Waals surface area contributed by atoms with Gasteiger partial charge in [0.05, 0.1) is 17.8 Å². The molecule has 1 saturated carbocycles. The molecule has 1 aliphatic carbocycles. The summed E-state index contributed by atoms with van der Waals surface area (Å²) in [6.07, 6.45) is 0. The van der Waals surface area contributed by atoms with Crippen molar-refractivity contribution in [2.75, 3.05) is 0 Å². The van der Waals surface area contributed by atoms with Crippen LogP contribution in [0.25, 0.3) is 0 Å².